The summed E-state index contributed by atoms with van der Waals surface area (Å²) in [5.41, 5.74) is 2.88. The monoisotopic (exact) mass is 660 g/mol. The van der Waals surface area contributed by atoms with E-state index in [1.807, 2.05) is 49.9 Å². The van der Waals surface area contributed by atoms with Crippen molar-refractivity contribution in [2.75, 3.05) is 31.1 Å². The lowest BCUT2D eigenvalue weighted by molar-refractivity contribution is -0.141. The van der Waals surface area contributed by atoms with E-state index in [0.29, 0.717) is 36.7 Å². The van der Waals surface area contributed by atoms with Gasteiger partial charge in [0.25, 0.3) is 0 Å². The number of carbonyl (C=O) groups excluding carboxylic acids is 3. The predicted octanol–water partition coefficient (Wildman–Crippen LogP) is 4.82. The molecular weight excluding hydrogens is 618 g/mol. The van der Waals surface area contributed by atoms with Crippen LogP contribution in [0.5, 0.6) is 0 Å². The molecular formula is C36H42F2N6O4. The maximum absolute atomic E-state index is 14.5. The van der Waals surface area contributed by atoms with Gasteiger partial charge in [-0.25, -0.2) is 13.6 Å². The first-order chi connectivity index (χ1) is 22.6. The van der Waals surface area contributed by atoms with Crippen molar-refractivity contribution in [2.24, 2.45) is 0 Å². The molecule has 4 heterocycles. The van der Waals surface area contributed by atoms with Crippen LogP contribution >= 0.6 is 0 Å². The van der Waals surface area contributed by atoms with Gasteiger partial charge in [0, 0.05) is 56.7 Å². The smallest absolute Gasteiger partial charge is 0.410 e. The maximum atomic E-state index is 14.5. The number of rotatable bonds is 5. The standard InChI is InChI=1S/C36H42F2N6O4/c1-22-16-41(30(19-43(22)34(47)48-35(2,3)4)33(46)42-17-24-9-7-8-10-25(24)18-42)20-31(45)44-21-36(5,6)32-29(44)15-27(39-40-32)13-23-11-12-26(37)14-28(23)38/h7-12,14-15,22,30H,13,16-21H2,1-6H3/t22-,30+/m1/s1. The summed E-state index contributed by atoms with van der Waals surface area (Å²) < 4.78 is 33.6. The fourth-order valence-electron chi connectivity index (χ4n) is 6.82. The summed E-state index contributed by atoms with van der Waals surface area (Å²) >= 11 is 0. The van der Waals surface area contributed by atoms with Gasteiger partial charge in [-0.05, 0) is 56.5 Å². The van der Waals surface area contributed by atoms with E-state index in [1.54, 1.807) is 41.5 Å². The van der Waals surface area contributed by atoms with Crippen LogP contribution in [0.1, 0.15) is 69.6 Å². The van der Waals surface area contributed by atoms with Crippen LogP contribution in [0.4, 0.5) is 19.3 Å². The summed E-state index contributed by atoms with van der Waals surface area (Å²) in [7, 11) is 0. The van der Waals surface area contributed by atoms with Crippen LogP contribution in [-0.4, -0.2) is 86.7 Å². The third-order valence-corrected chi connectivity index (χ3v) is 9.24. The van der Waals surface area contributed by atoms with Crippen LogP contribution in [0.3, 0.4) is 0 Å². The van der Waals surface area contributed by atoms with Gasteiger partial charge in [-0.3, -0.25) is 14.5 Å². The lowest BCUT2D eigenvalue weighted by atomic mass is 9.91. The van der Waals surface area contributed by atoms with E-state index in [9.17, 15) is 23.2 Å². The van der Waals surface area contributed by atoms with E-state index in [1.165, 1.54) is 12.1 Å². The van der Waals surface area contributed by atoms with Gasteiger partial charge in [-0.1, -0.05) is 44.2 Å². The lowest BCUT2D eigenvalue weighted by Crippen LogP contribution is -2.64. The number of hydrogen-bond donors (Lipinski definition) is 0. The van der Waals surface area contributed by atoms with Crippen molar-refractivity contribution in [2.45, 2.75) is 84.2 Å². The van der Waals surface area contributed by atoms with Crippen molar-refractivity contribution < 1.29 is 27.9 Å². The molecule has 10 nitrogen and oxygen atoms in total. The molecule has 254 valence electrons. The molecule has 3 aliphatic rings. The van der Waals surface area contributed by atoms with Crippen molar-refractivity contribution in [1.82, 2.24) is 24.9 Å². The molecule has 0 N–H and O–H groups in total. The molecule has 3 amide bonds. The van der Waals surface area contributed by atoms with Crippen LogP contribution in [0, 0.1) is 11.6 Å². The topological polar surface area (TPSA) is 99.2 Å². The zero-order valence-electron chi connectivity index (χ0n) is 28.3. The molecule has 0 aliphatic carbocycles. The Labute approximate surface area is 279 Å². The van der Waals surface area contributed by atoms with Crippen LogP contribution in [-0.2, 0) is 39.3 Å². The summed E-state index contributed by atoms with van der Waals surface area (Å²) in [6, 6.07) is 12.0. The first-order valence-electron chi connectivity index (χ1n) is 16.3. The van der Waals surface area contributed by atoms with E-state index < -0.39 is 34.8 Å². The summed E-state index contributed by atoms with van der Waals surface area (Å²) in [4.78, 5) is 48.6. The number of hydrogen-bond acceptors (Lipinski definition) is 7. The predicted molar refractivity (Wildman–Crippen MR) is 175 cm³/mol. The van der Waals surface area contributed by atoms with E-state index in [4.69, 9.17) is 4.74 Å². The van der Waals surface area contributed by atoms with Gasteiger partial charge in [0.05, 0.1) is 23.6 Å². The number of anilines is 1. The van der Waals surface area contributed by atoms with Gasteiger partial charge in [0.1, 0.15) is 23.3 Å². The molecule has 3 aliphatic heterocycles. The normalized spacial score (nSPS) is 20.5. The Morgan fingerprint density at radius 3 is 2.31 bits per heavy atom. The molecule has 0 unspecified atom stereocenters. The molecule has 1 saturated heterocycles. The number of benzene rings is 2. The average Bonchev–Trinajstić information content (AvgIpc) is 3.56. The first kappa shape index (κ1) is 33.5. The molecule has 48 heavy (non-hydrogen) atoms. The van der Waals surface area contributed by atoms with Gasteiger partial charge in [-0.15, -0.1) is 0 Å². The number of piperazine rings is 1. The lowest BCUT2D eigenvalue weighted by Gasteiger charge is -2.45. The van der Waals surface area contributed by atoms with Gasteiger partial charge >= 0.3 is 6.09 Å². The van der Waals surface area contributed by atoms with Crippen LogP contribution in [0.2, 0.25) is 0 Å². The summed E-state index contributed by atoms with van der Waals surface area (Å²) in [6.45, 7) is 12.8. The fourth-order valence-corrected chi connectivity index (χ4v) is 6.82. The zero-order chi connectivity index (χ0) is 34.5. The van der Waals surface area contributed by atoms with E-state index in [-0.39, 0.29) is 49.5 Å². The second kappa shape index (κ2) is 12.5. The Balaban J connectivity index is 1.25. The highest BCUT2D eigenvalue weighted by atomic mass is 19.1. The highest BCUT2D eigenvalue weighted by Crippen LogP contribution is 2.39. The van der Waals surface area contributed by atoms with Crippen molar-refractivity contribution >= 4 is 23.6 Å². The Morgan fingerprint density at radius 1 is 0.979 bits per heavy atom. The highest BCUT2D eigenvalue weighted by molar-refractivity contribution is 5.97. The Morgan fingerprint density at radius 2 is 1.67 bits per heavy atom. The second-order valence-corrected chi connectivity index (χ2v) is 14.7. The molecule has 12 heteroatoms. The average molecular weight is 661 g/mol. The molecule has 0 saturated carbocycles. The number of carbonyl (C=O) groups is 3. The van der Waals surface area contributed by atoms with Gasteiger partial charge in [-0.2, -0.15) is 10.2 Å². The molecule has 2 aromatic carbocycles. The minimum Gasteiger partial charge on any atom is -0.444 e. The Kier molecular flexibility index (Phi) is 8.74. The third-order valence-electron chi connectivity index (χ3n) is 9.24. The van der Waals surface area contributed by atoms with Crippen LogP contribution in [0.15, 0.2) is 48.5 Å². The van der Waals surface area contributed by atoms with Crippen molar-refractivity contribution in [1.29, 1.82) is 0 Å². The van der Waals surface area contributed by atoms with E-state index in [0.717, 1.165) is 17.2 Å². The van der Waals surface area contributed by atoms with Crippen molar-refractivity contribution in [3.05, 3.63) is 88.2 Å². The molecule has 0 spiro atoms. The van der Waals surface area contributed by atoms with E-state index >= 15 is 0 Å². The minimum atomic E-state index is -0.769. The summed E-state index contributed by atoms with van der Waals surface area (Å²) in [5, 5.41) is 8.76. The SMILES string of the molecule is C[C@@H]1CN(CC(=O)N2CC(C)(C)c3nnc(Cc4ccc(F)cc4F)cc32)[C@H](C(=O)N2Cc3ccccc3C2)CN1C(=O)OC(C)(C)C. The summed E-state index contributed by atoms with van der Waals surface area (Å²) in [5.74, 6) is -1.73. The number of ether oxygens (including phenoxy) is 1. The van der Waals surface area contributed by atoms with Gasteiger partial charge in [0.15, 0.2) is 0 Å². The number of amides is 3. The molecule has 1 fully saturated rings. The second-order valence-electron chi connectivity index (χ2n) is 14.7. The largest absolute Gasteiger partial charge is 0.444 e. The van der Waals surface area contributed by atoms with Gasteiger partial charge in [0.2, 0.25) is 11.8 Å². The van der Waals surface area contributed by atoms with Crippen molar-refractivity contribution in [3.8, 4) is 0 Å². The molecule has 3 aromatic rings. The van der Waals surface area contributed by atoms with Crippen LogP contribution < -0.4 is 4.90 Å². The highest BCUT2D eigenvalue weighted by Gasteiger charge is 2.45. The fraction of sp³-hybridized carbons (Fsp3) is 0.472. The van der Waals surface area contributed by atoms with Crippen molar-refractivity contribution in [3.63, 3.8) is 0 Å². The third kappa shape index (κ3) is 6.76. The van der Waals surface area contributed by atoms with E-state index in [2.05, 4.69) is 10.2 Å². The Bertz CT molecular complexity index is 1730. The quantitative estimate of drug-likeness (QED) is 0.387. The number of halogens is 2. The van der Waals surface area contributed by atoms with Gasteiger partial charge < -0.3 is 19.4 Å². The molecule has 6 rings (SSSR count). The number of fused-ring (bicyclic) bond motifs is 2. The minimum absolute atomic E-state index is 0.0660. The number of nitrogens with zero attached hydrogens (tertiary/aromatic N) is 6. The van der Waals surface area contributed by atoms with Crippen LogP contribution in [0.25, 0.3) is 0 Å². The zero-order valence-corrected chi connectivity index (χ0v) is 28.3. The number of aromatic nitrogens is 2. The molecule has 0 radical (unpaired) electrons. The maximum Gasteiger partial charge on any atom is 0.410 e. The molecule has 1 aromatic heterocycles. The first-order valence-corrected chi connectivity index (χ1v) is 16.3. The summed E-state index contributed by atoms with van der Waals surface area (Å²) in [6.07, 6.45) is -0.421. The molecule has 0 bridgehead atoms. The molecule has 2 atom stereocenters. The Hall–Kier alpha value is -4.45.